The molecule has 5 nitrogen and oxygen atoms in total. The lowest BCUT2D eigenvalue weighted by atomic mass is 9.90. The second-order valence-electron chi connectivity index (χ2n) is 5.72. The maximum absolute atomic E-state index is 6.82. The average molecular weight is 421 g/mol. The van der Waals surface area contributed by atoms with Crippen molar-refractivity contribution in [3.8, 4) is 0 Å². The number of hydrogen-bond acceptors (Lipinski definition) is 4. The molecule has 2 aromatic rings. The molecule has 0 spiro atoms. The smallest absolute Gasteiger partial charge is 0.154 e. The van der Waals surface area contributed by atoms with Crippen LogP contribution in [0, 0.1) is 9.49 Å². The highest BCUT2D eigenvalue weighted by molar-refractivity contribution is 14.1. The molecule has 1 fully saturated rings. The lowest BCUT2D eigenvalue weighted by molar-refractivity contribution is -0.00857. The van der Waals surface area contributed by atoms with Gasteiger partial charge in [0.05, 0.1) is 16.4 Å². The fraction of sp³-hybridized carbons (Fsp3) is 0.571. The molecule has 114 valence electrons. The van der Waals surface area contributed by atoms with Gasteiger partial charge in [-0.15, -0.1) is 11.6 Å². The summed E-state index contributed by atoms with van der Waals surface area (Å²) in [7, 11) is 0. The van der Waals surface area contributed by atoms with Gasteiger partial charge in [0.25, 0.3) is 0 Å². The third kappa shape index (κ3) is 2.22. The van der Waals surface area contributed by atoms with E-state index in [0.717, 1.165) is 21.0 Å². The highest BCUT2D eigenvalue weighted by Gasteiger charge is 2.50. The molecule has 2 aromatic heterocycles. The maximum atomic E-state index is 6.82. The fourth-order valence-corrected chi connectivity index (χ4v) is 4.15. The van der Waals surface area contributed by atoms with Crippen LogP contribution < -0.4 is 5.73 Å². The minimum absolute atomic E-state index is 0.145. The summed E-state index contributed by atoms with van der Waals surface area (Å²) < 4.78 is 9.21. The minimum atomic E-state index is -0.491. The van der Waals surface area contributed by atoms with Crippen LogP contribution >= 0.6 is 34.2 Å². The van der Waals surface area contributed by atoms with Gasteiger partial charge in [-0.2, -0.15) is 0 Å². The summed E-state index contributed by atoms with van der Waals surface area (Å²) in [5, 5.41) is 0.863. The van der Waals surface area contributed by atoms with Crippen molar-refractivity contribution in [2.45, 2.75) is 44.4 Å². The predicted molar refractivity (Wildman–Crippen MR) is 92.3 cm³/mol. The number of fused-ring (bicyclic) bond motifs is 1. The molecule has 21 heavy (non-hydrogen) atoms. The Balaban J connectivity index is 2.15. The zero-order chi connectivity index (χ0) is 15.4. The summed E-state index contributed by atoms with van der Waals surface area (Å²) in [6.07, 6.45) is 4.29. The van der Waals surface area contributed by atoms with Gasteiger partial charge in [-0.3, -0.25) is 0 Å². The Hall–Kier alpha value is -0.600. The van der Waals surface area contributed by atoms with E-state index in [-0.39, 0.29) is 18.2 Å². The molecule has 0 radical (unpaired) electrons. The Morgan fingerprint density at radius 2 is 2.24 bits per heavy atom. The normalized spacial score (nSPS) is 32.9. The van der Waals surface area contributed by atoms with E-state index in [1.165, 1.54) is 6.33 Å². The van der Waals surface area contributed by atoms with Gasteiger partial charge in [0.15, 0.2) is 6.23 Å². The Kier molecular flexibility index (Phi) is 3.82. The van der Waals surface area contributed by atoms with Crippen molar-refractivity contribution in [2.75, 3.05) is 5.73 Å². The first-order valence-corrected chi connectivity index (χ1v) is 8.44. The van der Waals surface area contributed by atoms with Crippen LogP contribution in [0.5, 0.6) is 0 Å². The number of ether oxygens (including phenoxy) is 1. The summed E-state index contributed by atoms with van der Waals surface area (Å²) in [4.78, 5) is 7.95. The van der Waals surface area contributed by atoms with Gasteiger partial charge in [0.1, 0.15) is 17.8 Å². The molecule has 4 atom stereocenters. The highest BCUT2D eigenvalue weighted by atomic mass is 127. The number of halogens is 2. The van der Waals surface area contributed by atoms with Gasteiger partial charge in [-0.1, -0.05) is 13.8 Å². The molecule has 0 unspecified atom stereocenters. The van der Waals surface area contributed by atoms with Gasteiger partial charge in [0, 0.05) is 15.7 Å². The third-order valence-electron chi connectivity index (χ3n) is 4.48. The topological polar surface area (TPSA) is 66.0 Å². The minimum Gasteiger partial charge on any atom is -0.383 e. The number of anilines is 1. The van der Waals surface area contributed by atoms with E-state index < -0.39 is 4.87 Å². The van der Waals surface area contributed by atoms with E-state index in [1.54, 1.807) is 0 Å². The molecule has 1 aliphatic heterocycles. The van der Waals surface area contributed by atoms with Crippen LogP contribution in [-0.4, -0.2) is 25.5 Å². The highest BCUT2D eigenvalue weighted by Crippen LogP contribution is 2.49. The largest absolute Gasteiger partial charge is 0.383 e. The van der Waals surface area contributed by atoms with Crippen LogP contribution in [0.1, 0.15) is 33.4 Å². The van der Waals surface area contributed by atoms with E-state index in [4.69, 9.17) is 22.1 Å². The molecular weight excluding hydrogens is 403 g/mol. The Morgan fingerprint density at radius 1 is 1.52 bits per heavy atom. The molecule has 0 aliphatic carbocycles. The van der Waals surface area contributed by atoms with Crippen molar-refractivity contribution in [1.82, 2.24) is 14.5 Å². The molecular formula is C14H18ClIN4O. The Bertz CT molecular complexity index is 687. The van der Waals surface area contributed by atoms with Crippen LogP contribution in [0.2, 0.25) is 0 Å². The third-order valence-corrected chi connectivity index (χ3v) is 5.83. The number of aromatic nitrogens is 3. The first-order chi connectivity index (χ1) is 9.87. The average Bonchev–Trinajstić information content (AvgIpc) is 2.87. The van der Waals surface area contributed by atoms with Crippen LogP contribution in [0.3, 0.4) is 0 Å². The van der Waals surface area contributed by atoms with Crippen molar-refractivity contribution in [3.63, 3.8) is 0 Å². The first-order valence-electron chi connectivity index (χ1n) is 6.98. The molecule has 3 heterocycles. The quantitative estimate of drug-likeness (QED) is 0.596. The van der Waals surface area contributed by atoms with Gasteiger partial charge >= 0.3 is 0 Å². The standard InChI is InChI=1S/C14H18ClIN4O/c1-4-9-7(2)14(3,15)13(21-9)20-5-8(16)10-11(17)18-6-19-12(10)20/h5-7,9,13H,4H2,1-3H3,(H2,17,18,19)/t7-,9-,13-,14-/m1/s1. The monoisotopic (exact) mass is 420 g/mol. The first kappa shape index (κ1) is 15.3. The zero-order valence-electron chi connectivity index (χ0n) is 12.2. The van der Waals surface area contributed by atoms with Gasteiger partial charge in [0.2, 0.25) is 0 Å². The van der Waals surface area contributed by atoms with E-state index in [9.17, 15) is 0 Å². The Morgan fingerprint density at radius 3 is 2.86 bits per heavy atom. The van der Waals surface area contributed by atoms with Crippen LogP contribution in [0.4, 0.5) is 5.82 Å². The summed E-state index contributed by atoms with van der Waals surface area (Å²) in [6.45, 7) is 6.29. The molecule has 7 heteroatoms. The molecule has 3 rings (SSSR count). The molecule has 0 saturated carbocycles. The second-order valence-corrected chi connectivity index (χ2v) is 7.69. The van der Waals surface area contributed by atoms with Crippen LogP contribution in [0.15, 0.2) is 12.5 Å². The van der Waals surface area contributed by atoms with Gasteiger partial charge in [-0.25, -0.2) is 9.97 Å². The van der Waals surface area contributed by atoms with E-state index in [2.05, 4.69) is 46.4 Å². The van der Waals surface area contributed by atoms with E-state index in [1.807, 2.05) is 17.7 Å². The zero-order valence-corrected chi connectivity index (χ0v) is 15.1. The van der Waals surface area contributed by atoms with Crippen molar-refractivity contribution < 1.29 is 4.74 Å². The van der Waals surface area contributed by atoms with E-state index in [0.29, 0.717) is 5.82 Å². The second kappa shape index (κ2) is 5.24. The molecule has 2 N–H and O–H groups in total. The molecule has 1 saturated heterocycles. The summed E-state index contributed by atoms with van der Waals surface area (Å²) in [5.41, 5.74) is 6.75. The van der Waals surface area contributed by atoms with Crippen molar-refractivity contribution >= 4 is 51.0 Å². The van der Waals surface area contributed by atoms with Crippen molar-refractivity contribution in [2.24, 2.45) is 5.92 Å². The number of alkyl halides is 1. The molecule has 0 bridgehead atoms. The number of rotatable bonds is 2. The van der Waals surface area contributed by atoms with Crippen LogP contribution in [0.25, 0.3) is 11.0 Å². The Labute approximate surface area is 142 Å². The number of nitrogen functional groups attached to an aromatic ring is 1. The molecule has 0 amide bonds. The lowest BCUT2D eigenvalue weighted by Crippen LogP contribution is -2.32. The SMILES string of the molecule is CC[C@H]1O[C@@H](n2cc(I)c3c(N)ncnc32)[C@](C)(Cl)[C@@H]1C. The van der Waals surface area contributed by atoms with Gasteiger partial charge < -0.3 is 15.0 Å². The summed E-state index contributed by atoms with van der Waals surface area (Å²) in [5.74, 6) is 0.737. The summed E-state index contributed by atoms with van der Waals surface area (Å²) in [6, 6.07) is 0. The maximum Gasteiger partial charge on any atom is 0.154 e. The van der Waals surface area contributed by atoms with Crippen LogP contribution in [-0.2, 0) is 4.74 Å². The lowest BCUT2D eigenvalue weighted by Gasteiger charge is -2.27. The molecule has 0 aromatic carbocycles. The fourth-order valence-electron chi connectivity index (χ4n) is 3.03. The molecule has 1 aliphatic rings. The van der Waals surface area contributed by atoms with Crippen molar-refractivity contribution in [1.29, 1.82) is 0 Å². The number of nitrogens with zero attached hydrogens (tertiary/aromatic N) is 3. The van der Waals surface area contributed by atoms with Gasteiger partial charge in [-0.05, 0) is 35.9 Å². The van der Waals surface area contributed by atoms with Crippen molar-refractivity contribution in [3.05, 3.63) is 16.1 Å². The van der Waals surface area contributed by atoms with E-state index >= 15 is 0 Å². The number of nitrogens with two attached hydrogens (primary N) is 1. The predicted octanol–water partition coefficient (Wildman–Crippen LogP) is 3.56. The number of hydrogen-bond donors (Lipinski definition) is 1. The summed E-state index contributed by atoms with van der Waals surface area (Å²) >= 11 is 9.06.